The Morgan fingerprint density at radius 3 is 1.91 bits per heavy atom. The van der Waals surface area contributed by atoms with Crippen molar-refractivity contribution in [3.63, 3.8) is 0 Å². The predicted octanol–water partition coefficient (Wildman–Crippen LogP) is 6.50. The highest BCUT2D eigenvalue weighted by Crippen LogP contribution is 2.50. The van der Waals surface area contributed by atoms with Crippen LogP contribution in [0.5, 0.6) is 34.5 Å². The molecule has 186 valence electrons. The van der Waals surface area contributed by atoms with Crippen molar-refractivity contribution in [2.75, 3.05) is 27.9 Å². The van der Waals surface area contributed by atoms with E-state index in [2.05, 4.69) is 32.0 Å². The lowest BCUT2D eigenvalue weighted by atomic mass is 9.94. The Bertz CT molecular complexity index is 1190. The highest BCUT2D eigenvalue weighted by molar-refractivity contribution is 5.82. The van der Waals surface area contributed by atoms with Gasteiger partial charge < -0.3 is 28.8 Å². The summed E-state index contributed by atoms with van der Waals surface area (Å²) in [4.78, 5) is 0. The first-order valence-corrected chi connectivity index (χ1v) is 12.1. The first-order chi connectivity index (χ1) is 17.0. The van der Waals surface area contributed by atoms with E-state index >= 15 is 0 Å². The lowest BCUT2D eigenvalue weighted by Gasteiger charge is -2.29. The van der Waals surface area contributed by atoms with E-state index in [1.807, 2.05) is 12.1 Å². The van der Waals surface area contributed by atoms with Crippen LogP contribution in [0.15, 0.2) is 42.5 Å². The van der Waals surface area contributed by atoms with Gasteiger partial charge in [-0.1, -0.05) is 32.8 Å². The summed E-state index contributed by atoms with van der Waals surface area (Å²) in [7, 11) is 4.86. The first kappa shape index (κ1) is 24.6. The van der Waals surface area contributed by atoms with Gasteiger partial charge in [-0.05, 0) is 65.9 Å². The van der Waals surface area contributed by atoms with Gasteiger partial charge in [0.15, 0.2) is 40.6 Å². The summed E-state index contributed by atoms with van der Waals surface area (Å²) in [5, 5.41) is 10.1. The van der Waals surface area contributed by atoms with Gasteiger partial charge in [-0.2, -0.15) is 0 Å². The average molecular weight is 479 g/mol. The molecule has 6 heteroatoms. The van der Waals surface area contributed by atoms with Crippen LogP contribution in [-0.2, 0) is 12.8 Å². The fourth-order valence-corrected chi connectivity index (χ4v) is 4.55. The summed E-state index contributed by atoms with van der Waals surface area (Å²) in [6.45, 7) is 4.56. The van der Waals surface area contributed by atoms with Gasteiger partial charge in [-0.15, -0.1) is 0 Å². The van der Waals surface area contributed by atoms with Gasteiger partial charge in [-0.25, -0.2) is 0 Å². The van der Waals surface area contributed by atoms with Crippen molar-refractivity contribution in [1.82, 2.24) is 0 Å². The maximum atomic E-state index is 10.1. The molecule has 3 aromatic rings. The summed E-state index contributed by atoms with van der Waals surface area (Å²) in [6.07, 6.45) is 3.42. The number of aryl methyl sites for hydroxylation is 2. The molecular formula is C29H34O6. The fraction of sp³-hybridized carbons (Fsp3) is 0.379. The van der Waals surface area contributed by atoms with Crippen molar-refractivity contribution in [2.45, 2.75) is 45.6 Å². The molecule has 4 rings (SSSR count). The number of fused-ring (bicyclic) bond motifs is 3. The Balaban J connectivity index is 1.94. The van der Waals surface area contributed by atoms with Crippen molar-refractivity contribution in [2.24, 2.45) is 0 Å². The molecule has 0 radical (unpaired) electrons. The second-order valence-corrected chi connectivity index (χ2v) is 8.70. The average Bonchev–Trinajstić information content (AvgIpc) is 2.86. The molecular weight excluding hydrogens is 444 g/mol. The number of methoxy groups -OCH3 is 3. The standard InChI is InChI=1S/C29H34O6/c1-6-8-18-12-21-22-13-19(9-7-2)15-26(33-5)29(22)35-27(17-34-28(21)25(14-18)32-4)20-10-11-23(30)24(16-20)31-3/h10-16,27,30H,6-9,17H2,1-5H3. The lowest BCUT2D eigenvalue weighted by molar-refractivity contribution is 0.121. The number of hydrogen-bond acceptors (Lipinski definition) is 6. The molecule has 0 aromatic heterocycles. The SMILES string of the molecule is CCCc1cc(OC)c2c(c1)-c1cc(CCC)cc(OC)c1OC(c1ccc(O)c(OC)c1)CO2. The molecule has 1 atom stereocenters. The molecule has 3 aromatic carbocycles. The molecule has 0 saturated heterocycles. The van der Waals surface area contributed by atoms with Gasteiger partial charge in [0, 0.05) is 11.1 Å². The zero-order chi connectivity index (χ0) is 24.9. The van der Waals surface area contributed by atoms with Crippen molar-refractivity contribution in [1.29, 1.82) is 0 Å². The summed E-state index contributed by atoms with van der Waals surface area (Å²) in [5.41, 5.74) is 5.00. The van der Waals surface area contributed by atoms with Crippen LogP contribution in [0.1, 0.15) is 49.5 Å². The Hall–Kier alpha value is -3.54. The second-order valence-electron chi connectivity index (χ2n) is 8.70. The van der Waals surface area contributed by atoms with Crippen molar-refractivity contribution in [3.05, 3.63) is 59.2 Å². The summed E-state index contributed by atoms with van der Waals surface area (Å²) >= 11 is 0. The molecule has 1 aliphatic heterocycles. The highest BCUT2D eigenvalue weighted by atomic mass is 16.6. The second kappa shape index (κ2) is 10.8. The fourth-order valence-electron chi connectivity index (χ4n) is 4.55. The topological polar surface area (TPSA) is 66.4 Å². The molecule has 0 amide bonds. The smallest absolute Gasteiger partial charge is 0.170 e. The van der Waals surface area contributed by atoms with Crippen LogP contribution in [0, 0.1) is 0 Å². The van der Waals surface area contributed by atoms with Crippen molar-refractivity contribution >= 4 is 0 Å². The van der Waals surface area contributed by atoms with Crippen LogP contribution in [0.25, 0.3) is 11.1 Å². The zero-order valence-corrected chi connectivity index (χ0v) is 21.1. The minimum absolute atomic E-state index is 0.0701. The predicted molar refractivity (Wildman–Crippen MR) is 136 cm³/mol. The number of hydrogen-bond donors (Lipinski definition) is 1. The van der Waals surface area contributed by atoms with Crippen molar-refractivity contribution < 1.29 is 28.8 Å². The van der Waals surface area contributed by atoms with E-state index in [4.69, 9.17) is 23.7 Å². The van der Waals surface area contributed by atoms with Gasteiger partial charge in [-0.3, -0.25) is 0 Å². The van der Waals surface area contributed by atoms with Gasteiger partial charge in [0.2, 0.25) is 0 Å². The molecule has 0 bridgehead atoms. The van der Waals surface area contributed by atoms with E-state index in [1.54, 1.807) is 26.4 Å². The molecule has 0 spiro atoms. The quantitative estimate of drug-likeness (QED) is 0.398. The highest BCUT2D eigenvalue weighted by Gasteiger charge is 2.28. The molecule has 1 aliphatic rings. The molecule has 0 fully saturated rings. The normalized spacial score (nSPS) is 14.5. The molecule has 0 aliphatic carbocycles. The lowest BCUT2D eigenvalue weighted by Crippen LogP contribution is -2.20. The zero-order valence-electron chi connectivity index (χ0n) is 21.1. The van der Waals surface area contributed by atoms with Crippen molar-refractivity contribution in [3.8, 4) is 45.6 Å². The van der Waals surface area contributed by atoms with Crippen LogP contribution in [0.4, 0.5) is 0 Å². The van der Waals surface area contributed by atoms with E-state index in [-0.39, 0.29) is 12.4 Å². The maximum absolute atomic E-state index is 10.1. The molecule has 1 N–H and O–H groups in total. The minimum Gasteiger partial charge on any atom is -0.504 e. The maximum Gasteiger partial charge on any atom is 0.170 e. The van der Waals surface area contributed by atoms with Crippen LogP contribution >= 0.6 is 0 Å². The number of aromatic hydroxyl groups is 1. The van der Waals surface area contributed by atoms with Gasteiger partial charge >= 0.3 is 0 Å². The molecule has 35 heavy (non-hydrogen) atoms. The van der Waals surface area contributed by atoms with Gasteiger partial charge in [0.05, 0.1) is 21.3 Å². The van der Waals surface area contributed by atoms with E-state index in [0.717, 1.165) is 42.4 Å². The molecule has 6 nitrogen and oxygen atoms in total. The summed E-state index contributed by atoms with van der Waals surface area (Å²) in [6, 6.07) is 13.6. The Morgan fingerprint density at radius 2 is 1.34 bits per heavy atom. The first-order valence-electron chi connectivity index (χ1n) is 12.1. The number of ether oxygens (including phenoxy) is 5. The van der Waals surface area contributed by atoms with E-state index < -0.39 is 6.10 Å². The number of phenols is 1. The van der Waals surface area contributed by atoms with E-state index in [9.17, 15) is 5.11 Å². The minimum atomic E-state index is -0.470. The van der Waals surface area contributed by atoms with Crippen LogP contribution in [0.2, 0.25) is 0 Å². The van der Waals surface area contributed by atoms with E-state index in [0.29, 0.717) is 28.7 Å². The largest absolute Gasteiger partial charge is 0.504 e. The Morgan fingerprint density at radius 1 is 0.771 bits per heavy atom. The number of benzene rings is 3. The molecule has 1 unspecified atom stereocenters. The number of rotatable bonds is 8. The Labute approximate surface area is 207 Å². The molecule has 0 saturated carbocycles. The van der Waals surface area contributed by atoms with Gasteiger partial charge in [0.1, 0.15) is 6.61 Å². The molecule has 1 heterocycles. The monoisotopic (exact) mass is 478 g/mol. The van der Waals surface area contributed by atoms with Gasteiger partial charge in [0.25, 0.3) is 0 Å². The van der Waals surface area contributed by atoms with E-state index in [1.165, 1.54) is 18.2 Å². The van der Waals surface area contributed by atoms with Crippen LogP contribution < -0.4 is 23.7 Å². The summed E-state index contributed by atoms with van der Waals surface area (Å²) in [5.74, 6) is 3.16. The third-order valence-electron chi connectivity index (χ3n) is 6.25. The van der Waals surface area contributed by atoms with Crippen LogP contribution in [0.3, 0.4) is 0 Å². The third kappa shape index (κ3) is 4.97. The number of phenolic OH excluding ortho intramolecular Hbond substituents is 1. The van der Waals surface area contributed by atoms with Crippen LogP contribution in [-0.4, -0.2) is 33.0 Å². The Kier molecular flexibility index (Phi) is 7.59. The third-order valence-corrected chi connectivity index (χ3v) is 6.25. The summed E-state index contributed by atoms with van der Waals surface area (Å²) < 4.78 is 30.0.